The number of benzene rings is 1. The molecular formula is C29H30F3N5O3S2. The van der Waals surface area contributed by atoms with Crippen molar-refractivity contribution in [2.24, 2.45) is 0 Å². The van der Waals surface area contributed by atoms with Gasteiger partial charge >= 0.3 is 6.18 Å². The zero-order valence-electron chi connectivity index (χ0n) is 22.9. The van der Waals surface area contributed by atoms with Gasteiger partial charge in [-0.1, -0.05) is 0 Å². The van der Waals surface area contributed by atoms with Crippen LogP contribution in [0, 0.1) is 0 Å². The minimum absolute atomic E-state index is 0.00823. The van der Waals surface area contributed by atoms with Crippen molar-refractivity contribution in [3.63, 3.8) is 0 Å². The summed E-state index contributed by atoms with van der Waals surface area (Å²) in [5.41, 5.74) is 1.86. The molecule has 8 nitrogen and oxygen atoms in total. The normalized spacial score (nSPS) is 21.6. The molecule has 2 aromatic heterocycles. The number of fused-ring (bicyclic) bond motifs is 1. The maximum Gasteiger partial charge on any atom is 0.420 e. The maximum atomic E-state index is 14.2. The molecule has 1 unspecified atom stereocenters. The number of thiophene rings is 1. The summed E-state index contributed by atoms with van der Waals surface area (Å²) < 4.78 is 53.4. The van der Waals surface area contributed by atoms with E-state index in [2.05, 4.69) is 33.2 Å². The molecule has 1 atom stereocenters. The lowest BCUT2D eigenvalue weighted by molar-refractivity contribution is -0.137. The Morgan fingerprint density at radius 2 is 1.98 bits per heavy atom. The molecule has 0 spiro atoms. The molecule has 3 aromatic rings. The average Bonchev–Trinajstić information content (AvgIpc) is 3.71. The standard InChI is InChI=1S/C29H30F3N5O3S2/c1-16-13-36(6-8-40-16)18-4-5-22(20(10-18)17-2-3-17)34-28-33-12-21(29(30,31)32)25(35-28)23-11-24-26(42-23)27(38)37(7-9-41-24)19-14-39-15-19/h4-5,10-12,16-17,19H,2-3,6-9,13-15H2,1H3,(H,33,34,35). The molecule has 3 fully saturated rings. The van der Waals surface area contributed by atoms with Crippen molar-refractivity contribution < 1.29 is 27.4 Å². The fourth-order valence-electron chi connectivity index (χ4n) is 5.59. The number of nitrogens with zero attached hydrogens (tertiary/aromatic N) is 4. The maximum absolute atomic E-state index is 14.2. The number of rotatable bonds is 6. The largest absolute Gasteiger partial charge is 0.420 e. The summed E-state index contributed by atoms with van der Waals surface area (Å²) in [4.78, 5) is 27.4. The molecule has 1 aliphatic carbocycles. The Bertz CT molecular complexity index is 1510. The van der Waals surface area contributed by atoms with Crippen LogP contribution in [0.3, 0.4) is 0 Å². The second-order valence-electron chi connectivity index (χ2n) is 11.1. The second kappa shape index (κ2) is 11.0. The van der Waals surface area contributed by atoms with Crippen LogP contribution in [0.15, 0.2) is 35.4 Å². The van der Waals surface area contributed by atoms with Gasteiger partial charge in [-0.15, -0.1) is 23.1 Å². The molecule has 5 heterocycles. The SMILES string of the molecule is CC1CN(c2ccc(Nc3ncc(C(F)(F)F)c(-c4cc5c(s4)C(=O)N(C4COC4)CCS5)n3)c(C3CC3)c2)CCO1. The van der Waals surface area contributed by atoms with E-state index in [9.17, 15) is 18.0 Å². The molecule has 1 saturated carbocycles. The smallest absolute Gasteiger partial charge is 0.377 e. The van der Waals surface area contributed by atoms with Gasteiger partial charge in [0, 0.05) is 47.9 Å². The zero-order chi connectivity index (χ0) is 29.0. The highest BCUT2D eigenvalue weighted by Crippen LogP contribution is 2.46. The fraction of sp³-hybridized carbons (Fsp3) is 0.483. The summed E-state index contributed by atoms with van der Waals surface area (Å²) in [6.07, 6.45) is -1.54. The van der Waals surface area contributed by atoms with Gasteiger partial charge in [-0.2, -0.15) is 13.2 Å². The Labute approximate surface area is 249 Å². The third kappa shape index (κ3) is 5.47. The molecule has 3 aliphatic heterocycles. The average molecular weight is 618 g/mol. The summed E-state index contributed by atoms with van der Waals surface area (Å²) in [5.74, 6) is 0.977. The lowest BCUT2D eigenvalue weighted by Crippen LogP contribution is -2.52. The first-order chi connectivity index (χ1) is 20.2. The first-order valence-electron chi connectivity index (χ1n) is 14.1. The summed E-state index contributed by atoms with van der Waals surface area (Å²) in [6.45, 7) is 5.89. The number of ether oxygens (including phenoxy) is 2. The van der Waals surface area contributed by atoms with E-state index in [4.69, 9.17) is 9.47 Å². The number of halogens is 3. The number of hydrogen-bond donors (Lipinski definition) is 1. The lowest BCUT2D eigenvalue weighted by Gasteiger charge is -2.36. The number of anilines is 3. The van der Waals surface area contributed by atoms with E-state index in [1.54, 1.807) is 11.0 Å². The molecular weight excluding hydrogens is 587 g/mol. The first kappa shape index (κ1) is 27.9. The van der Waals surface area contributed by atoms with E-state index < -0.39 is 11.7 Å². The molecule has 0 radical (unpaired) electrons. The van der Waals surface area contributed by atoms with Crippen molar-refractivity contribution in [3.05, 3.63) is 46.5 Å². The number of hydrogen-bond acceptors (Lipinski definition) is 9. The number of thioether (sulfide) groups is 1. The van der Waals surface area contributed by atoms with Crippen molar-refractivity contribution in [2.75, 3.05) is 55.4 Å². The van der Waals surface area contributed by atoms with Crippen LogP contribution < -0.4 is 10.2 Å². The second-order valence-corrected chi connectivity index (χ2v) is 13.3. The molecule has 13 heteroatoms. The van der Waals surface area contributed by atoms with Crippen LogP contribution in [0.25, 0.3) is 10.6 Å². The van der Waals surface area contributed by atoms with Gasteiger partial charge in [0.1, 0.15) is 10.4 Å². The van der Waals surface area contributed by atoms with E-state index >= 15 is 0 Å². The van der Waals surface area contributed by atoms with E-state index in [0.717, 1.165) is 60.4 Å². The van der Waals surface area contributed by atoms with Crippen molar-refractivity contribution in [1.29, 1.82) is 0 Å². The summed E-state index contributed by atoms with van der Waals surface area (Å²) in [5, 5.41) is 3.22. The predicted octanol–water partition coefficient (Wildman–Crippen LogP) is 6.02. The van der Waals surface area contributed by atoms with Gasteiger partial charge in [-0.05, 0) is 55.5 Å². The molecule has 0 bridgehead atoms. The topological polar surface area (TPSA) is 79.8 Å². The highest BCUT2D eigenvalue weighted by Gasteiger charge is 2.38. The monoisotopic (exact) mass is 617 g/mol. The summed E-state index contributed by atoms with van der Waals surface area (Å²) in [6, 6.07) is 7.83. The molecule has 2 saturated heterocycles. The van der Waals surface area contributed by atoms with Gasteiger partial charge < -0.3 is 24.6 Å². The van der Waals surface area contributed by atoms with Crippen LogP contribution in [-0.2, 0) is 15.7 Å². The van der Waals surface area contributed by atoms with Crippen LogP contribution in [0.2, 0.25) is 0 Å². The highest BCUT2D eigenvalue weighted by molar-refractivity contribution is 7.99. The first-order valence-corrected chi connectivity index (χ1v) is 15.9. The number of alkyl halides is 3. The minimum Gasteiger partial charge on any atom is -0.377 e. The van der Waals surface area contributed by atoms with Gasteiger partial charge in [0.05, 0.1) is 42.5 Å². The summed E-state index contributed by atoms with van der Waals surface area (Å²) >= 11 is 2.55. The molecule has 42 heavy (non-hydrogen) atoms. The molecule has 222 valence electrons. The Hall–Kier alpha value is -2.87. The van der Waals surface area contributed by atoms with E-state index in [1.165, 1.54) is 11.8 Å². The molecule has 1 amide bonds. The van der Waals surface area contributed by atoms with Crippen molar-refractivity contribution in [3.8, 4) is 10.6 Å². The van der Waals surface area contributed by atoms with Gasteiger partial charge in [0.15, 0.2) is 0 Å². The Morgan fingerprint density at radius 1 is 1.14 bits per heavy atom. The van der Waals surface area contributed by atoms with Crippen LogP contribution in [0.1, 0.15) is 46.5 Å². The Balaban J connectivity index is 1.21. The van der Waals surface area contributed by atoms with Crippen molar-refractivity contribution in [1.82, 2.24) is 14.9 Å². The van der Waals surface area contributed by atoms with E-state index in [-0.39, 0.29) is 29.7 Å². The number of nitrogens with one attached hydrogen (secondary N) is 1. The number of amides is 1. The number of carbonyl (C=O) groups excluding carboxylic acids is 1. The van der Waals surface area contributed by atoms with Crippen molar-refractivity contribution in [2.45, 2.75) is 48.9 Å². The van der Waals surface area contributed by atoms with Crippen molar-refractivity contribution >= 4 is 46.3 Å². The van der Waals surface area contributed by atoms with E-state index in [1.807, 2.05) is 12.1 Å². The fourth-order valence-corrected chi connectivity index (χ4v) is 7.91. The zero-order valence-corrected chi connectivity index (χ0v) is 24.6. The third-order valence-electron chi connectivity index (χ3n) is 8.04. The highest BCUT2D eigenvalue weighted by atomic mass is 32.2. The van der Waals surface area contributed by atoms with Gasteiger partial charge in [-0.25, -0.2) is 9.97 Å². The van der Waals surface area contributed by atoms with Crippen LogP contribution in [0.5, 0.6) is 0 Å². The Kier molecular flexibility index (Phi) is 7.32. The number of aromatic nitrogens is 2. The third-order valence-corrected chi connectivity index (χ3v) is 10.3. The Morgan fingerprint density at radius 3 is 2.69 bits per heavy atom. The number of carbonyl (C=O) groups is 1. The molecule has 1 N–H and O–H groups in total. The van der Waals surface area contributed by atoms with E-state index in [0.29, 0.717) is 52.7 Å². The lowest BCUT2D eigenvalue weighted by atomic mass is 10.1. The quantitative estimate of drug-likeness (QED) is 0.360. The van der Waals surface area contributed by atoms with Crippen LogP contribution in [-0.4, -0.2) is 78.1 Å². The van der Waals surface area contributed by atoms with Gasteiger partial charge in [-0.3, -0.25) is 4.79 Å². The minimum atomic E-state index is -4.65. The van der Waals surface area contributed by atoms with Gasteiger partial charge in [0.2, 0.25) is 5.95 Å². The molecule has 1 aromatic carbocycles. The van der Waals surface area contributed by atoms with Crippen LogP contribution in [0.4, 0.5) is 30.5 Å². The molecule has 4 aliphatic rings. The molecule has 7 rings (SSSR count). The van der Waals surface area contributed by atoms with Gasteiger partial charge in [0.25, 0.3) is 5.91 Å². The summed E-state index contributed by atoms with van der Waals surface area (Å²) in [7, 11) is 0. The number of morpholine rings is 1. The predicted molar refractivity (Wildman–Crippen MR) is 156 cm³/mol. The van der Waals surface area contributed by atoms with Crippen LogP contribution >= 0.6 is 23.1 Å².